The first kappa shape index (κ1) is 11.8. The maximum Gasteiger partial charge on any atom is 0.235 e. The van der Waals surface area contributed by atoms with Crippen LogP contribution in [0.25, 0.3) is 0 Å². The van der Waals surface area contributed by atoms with Gasteiger partial charge in [-0.15, -0.1) is 0 Å². The minimum Gasteiger partial charge on any atom is -0.296 e. The molecule has 1 aliphatic heterocycles. The first-order valence-corrected chi connectivity index (χ1v) is 5.88. The molecule has 17 heavy (non-hydrogen) atoms. The fourth-order valence-corrected chi connectivity index (χ4v) is 1.96. The number of carbonyl (C=O) groups excluding carboxylic acids is 2. The molecule has 1 aromatic rings. The minimum atomic E-state index is -0.286. The zero-order valence-electron chi connectivity index (χ0n) is 10.1. The van der Waals surface area contributed by atoms with Crippen LogP contribution in [-0.4, -0.2) is 16.8 Å². The van der Waals surface area contributed by atoms with Crippen LogP contribution in [0, 0.1) is 0 Å². The van der Waals surface area contributed by atoms with E-state index in [4.69, 9.17) is 0 Å². The smallest absolute Gasteiger partial charge is 0.235 e. The average Bonchev–Trinajstić information content (AvgIpc) is 2.29. The number of imide groups is 1. The second-order valence-electron chi connectivity index (χ2n) is 4.65. The van der Waals surface area contributed by atoms with Gasteiger partial charge in [0, 0.05) is 12.1 Å². The van der Waals surface area contributed by atoms with Gasteiger partial charge in [0.1, 0.15) is 0 Å². The van der Waals surface area contributed by atoms with E-state index in [0.717, 1.165) is 11.4 Å². The molecule has 0 radical (unpaired) electrons. The minimum absolute atomic E-state index is 0.189. The van der Waals surface area contributed by atoms with E-state index in [2.05, 4.69) is 24.1 Å². The Morgan fingerprint density at radius 1 is 1.35 bits per heavy atom. The lowest BCUT2D eigenvalue weighted by Gasteiger charge is -2.21. The molecular weight excluding hydrogens is 216 g/mol. The molecule has 1 unspecified atom stereocenters. The van der Waals surface area contributed by atoms with Gasteiger partial charge in [-0.05, 0) is 24.5 Å². The van der Waals surface area contributed by atoms with Crippen LogP contribution in [0.4, 0.5) is 0 Å². The van der Waals surface area contributed by atoms with Crippen LogP contribution in [0.15, 0.2) is 18.2 Å². The summed E-state index contributed by atoms with van der Waals surface area (Å²) in [5.41, 5.74) is 1.74. The number of aromatic nitrogens is 1. The van der Waals surface area contributed by atoms with Crippen molar-refractivity contribution in [3.8, 4) is 0 Å². The molecular formula is C13H16N2O2. The van der Waals surface area contributed by atoms with Crippen molar-refractivity contribution in [2.75, 3.05) is 0 Å². The molecule has 2 rings (SSSR count). The van der Waals surface area contributed by atoms with E-state index in [9.17, 15) is 9.59 Å². The zero-order chi connectivity index (χ0) is 12.4. The van der Waals surface area contributed by atoms with Crippen molar-refractivity contribution in [3.05, 3.63) is 29.6 Å². The highest BCUT2D eigenvalue weighted by molar-refractivity contribution is 6.00. The van der Waals surface area contributed by atoms with Crippen LogP contribution < -0.4 is 5.32 Å². The Balaban J connectivity index is 2.25. The number of carbonyl (C=O) groups is 2. The summed E-state index contributed by atoms with van der Waals surface area (Å²) < 4.78 is 0. The van der Waals surface area contributed by atoms with Gasteiger partial charge >= 0.3 is 0 Å². The number of amides is 2. The first-order valence-electron chi connectivity index (χ1n) is 5.88. The Bertz CT molecular complexity index is 454. The summed E-state index contributed by atoms with van der Waals surface area (Å²) >= 11 is 0. The van der Waals surface area contributed by atoms with Gasteiger partial charge in [-0.3, -0.25) is 19.9 Å². The van der Waals surface area contributed by atoms with Gasteiger partial charge in [-0.1, -0.05) is 19.9 Å². The normalized spacial score (nSPS) is 20.5. The van der Waals surface area contributed by atoms with Gasteiger partial charge < -0.3 is 0 Å². The standard InChI is InChI=1S/C13H16N2O2/c1-8(2)10-4-3-5-11(14-10)9-6-7-12(16)15-13(9)17/h3-5,8-9H,6-7H2,1-2H3,(H,15,16,17). The van der Waals surface area contributed by atoms with Crippen LogP contribution in [0.1, 0.15) is 49.9 Å². The van der Waals surface area contributed by atoms with Gasteiger partial charge in [0.15, 0.2) is 0 Å². The fraction of sp³-hybridized carbons (Fsp3) is 0.462. The van der Waals surface area contributed by atoms with Crippen LogP contribution in [0.3, 0.4) is 0 Å². The Morgan fingerprint density at radius 3 is 2.76 bits per heavy atom. The maximum atomic E-state index is 11.7. The highest BCUT2D eigenvalue weighted by Gasteiger charge is 2.28. The summed E-state index contributed by atoms with van der Waals surface area (Å²) in [6, 6.07) is 5.73. The number of hydrogen-bond acceptors (Lipinski definition) is 3. The van der Waals surface area contributed by atoms with Crippen LogP contribution >= 0.6 is 0 Å². The molecule has 1 aliphatic rings. The topological polar surface area (TPSA) is 59.1 Å². The van der Waals surface area contributed by atoms with Crippen molar-refractivity contribution in [1.82, 2.24) is 10.3 Å². The molecule has 2 heterocycles. The predicted molar refractivity (Wildman–Crippen MR) is 63.5 cm³/mol. The molecule has 1 aromatic heterocycles. The molecule has 1 saturated heterocycles. The Kier molecular flexibility index (Phi) is 3.22. The third-order valence-electron chi connectivity index (χ3n) is 2.98. The summed E-state index contributed by atoms with van der Waals surface area (Å²) in [5, 5.41) is 2.36. The van der Waals surface area contributed by atoms with Gasteiger partial charge in [-0.2, -0.15) is 0 Å². The summed E-state index contributed by atoms with van der Waals surface area (Å²) in [5.74, 6) is -0.365. The SMILES string of the molecule is CC(C)c1cccc(C2CCC(=O)NC2=O)n1. The summed E-state index contributed by atoms with van der Waals surface area (Å²) in [6.07, 6.45) is 0.948. The predicted octanol–water partition coefficient (Wildman–Crippen LogP) is 1.73. The number of nitrogens with zero attached hydrogens (tertiary/aromatic N) is 1. The zero-order valence-corrected chi connectivity index (χ0v) is 10.1. The van der Waals surface area contributed by atoms with E-state index in [1.807, 2.05) is 18.2 Å². The van der Waals surface area contributed by atoms with Crippen LogP contribution in [0.5, 0.6) is 0 Å². The molecule has 4 nitrogen and oxygen atoms in total. The van der Waals surface area contributed by atoms with Crippen molar-refractivity contribution in [3.63, 3.8) is 0 Å². The quantitative estimate of drug-likeness (QED) is 0.790. The Labute approximate surface area is 100 Å². The molecule has 1 fully saturated rings. The van der Waals surface area contributed by atoms with E-state index in [1.54, 1.807) is 0 Å². The first-order chi connectivity index (χ1) is 8.08. The van der Waals surface area contributed by atoms with Crippen molar-refractivity contribution < 1.29 is 9.59 Å². The lowest BCUT2D eigenvalue weighted by atomic mass is 9.94. The summed E-state index contributed by atoms with van der Waals surface area (Å²) in [6.45, 7) is 4.13. The monoisotopic (exact) mass is 232 g/mol. The Hall–Kier alpha value is -1.71. The number of hydrogen-bond donors (Lipinski definition) is 1. The molecule has 1 atom stereocenters. The number of rotatable bonds is 2. The lowest BCUT2D eigenvalue weighted by molar-refractivity contribution is -0.134. The average molecular weight is 232 g/mol. The van der Waals surface area contributed by atoms with E-state index in [1.165, 1.54) is 0 Å². The van der Waals surface area contributed by atoms with E-state index in [0.29, 0.717) is 18.8 Å². The second-order valence-corrected chi connectivity index (χ2v) is 4.65. The summed E-state index contributed by atoms with van der Waals surface area (Å²) in [4.78, 5) is 27.3. The fourth-order valence-electron chi connectivity index (χ4n) is 1.96. The molecule has 2 amide bonds. The van der Waals surface area contributed by atoms with Gasteiger partial charge in [0.25, 0.3) is 0 Å². The van der Waals surface area contributed by atoms with Crippen LogP contribution in [0.2, 0.25) is 0 Å². The highest BCUT2D eigenvalue weighted by Crippen LogP contribution is 2.24. The van der Waals surface area contributed by atoms with E-state index >= 15 is 0 Å². The number of piperidine rings is 1. The molecule has 90 valence electrons. The highest BCUT2D eigenvalue weighted by atomic mass is 16.2. The van der Waals surface area contributed by atoms with Gasteiger partial charge in [0.05, 0.1) is 11.6 Å². The number of pyridine rings is 1. The molecule has 0 bridgehead atoms. The van der Waals surface area contributed by atoms with Crippen molar-refractivity contribution in [2.24, 2.45) is 0 Å². The van der Waals surface area contributed by atoms with Crippen molar-refractivity contribution in [1.29, 1.82) is 0 Å². The van der Waals surface area contributed by atoms with E-state index in [-0.39, 0.29) is 17.7 Å². The molecule has 4 heteroatoms. The number of nitrogens with one attached hydrogen (secondary N) is 1. The third-order valence-corrected chi connectivity index (χ3v) is 2.98. The Morgan fingerprint density at radius 2 is 2.12 bits per heavy atom. The largest absolute Gasteiger partial charge is 0.296 e. The molecule has 0 aliphatic carbocycles. The van der Waals surface area contributed by atoms with Gasteiger partial charge in [0.2, 0.25) is 11.8 Å². The second kappa shape index (κ2) is 4.65. The van der Waals surface area contributed by atoms with Crippen molar-refractivity contribution in [2.45, 2.75) is 38.5 Å². The van der Waals surface area contributed by atoms with Gasteiger partial charge in [-0.25, -0.2) is 0 Å². The van der Waals surface area contributed by atoms with Crippen molar-refractivity contribution >= 4 is 11.8 Å². The van der Waals surface area contributed by atoms with E-state index < -0.39 is 0 Å². The molecule has 1 N–H and O–H groups in total. The third kappa shape index (κ3) is 2.52. The van der Waals surface area contributed by atoms with Crippen LogP contribution in [-0.2, 0) is 9.59 Å². The molecule has 0 aromatic carbocycles. The molecule has 0 spiro atoms. The lowest BCUT2D eigenvalue weighted by Crippen LogP contribution is -2.39. The maximum absolute atomic E-state index is 11.7. The molecule has 0 saturated carbocycles. The summed E-state index contributed by atoms with van der Waals surface area (Å²) in [7, 11) is 0.